The van der Waals surface area contributed by atoms with E-state index in [0.717, 1.165) is 18.5 Å². The highest BCUT2D eigenvalue weighted by Crippen LogP contribution is 2.29. The van der Waals surface area contributed by atoms with Gasteiger partial charge in [0.15, 0.2) is 0 Å². The van der Waals surface area contributed by atoms with Gasteiger partial charge in [-0.15, -0.1) is 0 Å². The number of fused-ring (bicyclic) bond motifs is 1. The Morgan fingerprint density at radius 2 is 1.60 bits per heavy atom. The third-order valence-corrected chi connectivity index (χ3v) is 5.55. The summed E-state index contributed by atoms with van der Waals surface area (Å²) in [5.74, 6) is -0.363. The number of hydrogen-bond donors (Lipinski definition) is 1. The molecule has 0 radical (unpaired) electrons. The van der Waals surface area contributed by atoms with Crippen LogP contribution in [-0.2, 0) is 6.42 Å². The Morgan fingerprint density at radius 3 is 2.30 bits per heavy atom. The third-order valence-electron chi connectivity index (χ3n) is 5.11. The Labute approximate surface area is 185 Å². The van der Waals surface area contributed by atoms with E-state index in [1.54, 1.807) is 42.5 Å². The van der Waals surface area contributed by atoms with E-state index in [1.807, 2.05) is 17.0 Å². The number of carbonyl (C=O) groups is 2. The van der Waals surface area contributed by atoms with Gasteiger partial charge in [0.05, 0.1) is 0 Å². The van der Waals surface area contributed by atoms with E-state index in [0.29, 0.717) is 33.4 Å². The van der Waals surface area contributed by atoms with Crippen LogP contribution in [0.1, 0.15) is 38.3 Å². The molecule has 6 heteroatoms. The van der Waals surface area contributed by atoms with E-state index in [4.69, 9.17) is 23.2 Å². The summed E-state index contributed by atoms with van der Waals surface area (Å²) in [6.45, 7) is 2.76. The molecule has 3 aromatic rings. The molecule has 1 aliphatic heterocycles. The van der Waals surface area contributed by atoms with Crippen LogP contribution in [0.15, 0.2) is 60.7 Å². The van der Waals surface area contributed by atoms with Crippen LogP contribution in [0, 0.1) is 6.92 Å². The minimum absolute atomic E-state index is 0.0423. The highest BCUT2D eigenvalue weighted by Gasteiger charge is 2.23. The monoisotopic (exact) mass is 438 g/mol. The lowest BCUT2D eigenvalue weighted by Gasteiger charge is -2.30. The molecule has 2 amide bonds. The van der Waals surface area contributed by atoms with Crippen molar-refractivity contribution in [3.63, 3.8) is 0 Å². The van der Waals surface area contributed by atoms with Gasteiger partial charge in [-0.05, 0) is 73.9 Å². The van der Waals surface area contributed by atoms with Crippen LogP contribution in [-0.4, -0.2) is 18.4 Å². The van der Waals surface area contributed by atoms with Gasteiger partial charge in [-0.2, -0.15) is 0 Å². The highest BCUT2D eigenvalue weighted by molar-refractivity contribution is 6.35. The smallest absolute Gasteiger partial charge is 0.258 e. The van der Waals surface area contributed by atoms with Gasteiger partial charge in [0.1, 0.15) is 0 Å². The summed E-state index contributed by atoms with van der Waals surface area (Å²) < 4.78 is 0. The number of nitrogens with zero attached hydrogens (tertiary/aromatic N) is 1. The Morgan fingerprint density at radius 1 is 0.900 bits per heavy atom. The SMILES string of the molecule is Cc1ccc2c(c1)CCCN2C(=O)c1ccc(NC(=O)c2cc(Cl)cc(Cl)c2)cc1. The second-order valence-electron chi connectivity index (χ2n) is 7.38. The van der Waals surface area contributed by atoms with Crippen LogP contribution in [0.5, 0.6) is 0 Å². The lowest BCUT2D eigenvalue weighted by molar-refractivity contribution is 0.0984. The fourth-order valence-corrected chi connectivity index (χ4v) is 4.20. The number of aryl methyl sites for hydroxylation is 2. The zero-order chi connectivity index (χ0) is 21.3. The van der Waals surface area contributed by atoms with Crippen molar-refractivity contribution in [1.82, 2.24) is 0 Å². The molecule has 1 aliphatic rings. The molecular formula is C24H20Cl2N2O2. The summed E-state index contributed by atoms with van der Waals surface area (Å²) in [7, 11) is 0. The molecule has 0 fully saturated rings. The average Bonchev–Trinajstić information content (AvgIpc) is 2.72. The summed E-state index contributed by atoms with van der Waals surface area (Å²) >= 11 is 11.9. The van der Waals surface area contributed by atoms with E-state index in [-0.39, 0.29) is 11.8 Å². The van der Waals surface area contributed by atoms with Crippen molar-refractivity contribution >= 4 is 46.4 Å². The molecular weight excluding hydrogens is 419 g/mol. The van der Waals surface area contributed by atoms with E-state index < -0.39 is 0 Å². The van der Waals surface area contributed by atoms with Crippen molar-refractivity contribution in [2.45, 2.75) is 19.8 Å². The standard InChI is InChI=1S/C24H20Cl2N2O2/c1-15-4-9-22-17(11-15)3-2-10-28(22)24(30)16-5-7-21(8-6-16)27-23(29)18-12-19(25)14-20(26)13-18/h4-9,11-14H,2-3,10H2,1H3,(H,27,29). The predicted octanol–water partition coefficient (Wildman–Crippen LogP) is 6.15. The summed E-state index contributed by atoms with van der Waals surface area (Å²) in [5, 5.41) is 3.59. The summed E-state index contributed by atoms with van der Waals surface area (Å²) in [6.07, 6.45) is 1.93. The number of carbonyl (C=O) groups excluding carboxylic acids is 2. The molecule has 152 valence electrons. The molecule has 0 saturated heterocycles. The second kappa shape index (κ2) is 8.50. The summed E-state index contributed by atoms with van der Waals surface area (Å²) in [4.78, 5) is 27.4. The number of halogens is 2. The average molecular weight is 439 g/mol. The number of anilines is 2. The van der Waals surface area contributed by atoms with Crippen molar-refractivity contribution < 1.29 is 9.59 Å². The van der Waals surface area contributed by atoms with Gasteiger partial charge < -0.3 is 10.2 Å². The van der Waals surface area contributed by atoms with Crippen molar-refractivity contribution in [3.8, 4) is 0 Å². The molecule has 30 heavy (non-hydrogen) atoms. The number of hydrogen-bond acceptors (Lipinski definition) is 2. The maximum Gasteiger partial charge on any atom is 0.258 e. The molecule has 1 N–H and O–H groups in total. The highest BCUT2D eigenvalue weighted by atomic mass is 35.5. The zero-order valence-corrected chi connectivity index (χ0v) is 17.9. The maximum atomic E-state index is 13.1. The van der Waals surface area contributed by atoms with Gasteiger partial charge >= 0.3 is 0 Å². The Kier molecular flexibility index (Phi) is 5.80. The zero-order valence-electron chi connectivity index (χ0n) is 16.4. The number of benzene rings is 3. The van der Waals surface area contributed by atoms with Crippen molar-refractivity contribution in [2.75, 3.05) is 16.8 Å². The van der Waals surface area contributed by atoms with Crippen LogP contribution in [0.2, 0.25) is 10.0 Å². The first-order valence-electron chi connectivity index (χ1n) is 9.69. The first-order chi connectivity index (χ1) is 14.4. The van der Waals surface area contributed by atoms with Crippen LogP contribution in [0.4, 0.5) is 11.4 Å². The first-order valence-corrected chi connectivity index (χ1v) is 10.5. The number of amides is 2. The normalized spacial score (nSPS) is 13.0. The van der Waals surface area contributed by atoms with E-state index in [2.05, 4.69) is 18.3 Å². The van der Waals surface area contributed by atoms with Gasteiger partial charge in [-0.3, -0.25) is 9.59 Å². The third kappa shape index (κ3) is 4.35. The van der Waals surface area contributed by atoms with Crippen LogP contribution < -0.4 is 10.2 Å². The molecule has 0 unspecified atom stereocenters. The predicted molar refractivity (Wildman–Crippen MR) is 122 cm³/mol. The topological polar surface area (TPSA) is 49.4 Å². The van der Waals surface area contributed by atoms with Crippen LogP contribution >= 0.6 is 23.2 Å². The van der Waals surface area contributed by atoms with E-state index in [1.165, 1.54) is 11.1 Å². The molecule has 4 rings (SSSR count). The van der Waals surface area contributed by atoms with Crippen LogP contribution in [0.25, 0.3) is 0 Å². The molecule has 0 aromatic heterocycles. The second-order valence-corrected chi connectivity index (χ2v) is 8.25. The fraction of sp³-hybridized carbons (Fsp3) is 0.167. The summed E-state index contributed by atoms with van der Waals surface area (Å²) in [6, 6.07) is 17.8. The first kappa shape index (κ1) is 20.5. The van der Waals surface area contributed by atoms with Crippen molar-refractivity contribution in [1.29, 1.82) is 0 Å². The van der Waals surface area contributed by atoms with E-state index >= 15 is 0 Å². The van der Waals surface area contributed by atoms with Gasteiger partial charge in [-0.1, -0.05) is 40.9 Å². The molecule has 0 saturated carbocycles. The Bertz CT molecular complexity index is 1110. The molecule has 4 nitrogen and oxygen atoms in total. The van der Waals surface area contributed by atoms with Gasteiger partial charge in [0, 0.05) is 39.1 Å². The quantitative estimate of drug-likeness (QED) is 0.533. The Hall–Kier alpha value is -2.82. The van der Waals surface area contributed by atoms with E-state index in [9.17, 15) is 9.59 Å². The van der Waals surface area contributed by atoms with Gasteiger partial charge in [0.2, 0.25) is 0 Å². The van der Waals surface area contributed by atoms with Gasteiger partial charge in [0.25, 0.3) is 11.8 Å². The lowest BCUT2D eigenvalue weighted by Crippen LogP contribution is -2.35. The molecule has 0 aliphatic carbocycles. The van der Waals surface area contributed by atoms with Crippen LogP contribution in [0.3, 0.4) is 0 Å². The van der Waals surface area contributed by atoms with Crippen molar-refractivity contribution in [2.24, 2.45) is 0 Å². The molecule has 3 aromatic carbocycles. The fourth-order valence-electron chi connectivity index (χ4n) is 3.68. The Balaban J connectivity index is 1.50. The number of rotatable bonds is 3. The van der Waals surface area contributed by atoms with Crippen molar-refractivity contribution in [3.05, 3.63) is 93.0 Å². The maximum absolute atomic E-state index is 13.1. The largest absolute Gasteiger partial charge is 0.322 e. The minimum Gasteiger partial charge on any atom is -0.322 e. The minimum atomic E-state index is -0.321. The number of nitrogens with one attached hydrogen (secondary N) is 1. The van der Waals surface area contributed by atoms with Gasteiger partial charge in [-0.25, -0.2) is 0 Å². The molecule has 0 spiro atoms. The molecule has 0 bridgehead atoms. The summed E-state index contributed by atoms with van der Waals surface area (Å²) in [5.41, 5.74) is 4.91. The lowest BCUT2D eigenvalue weighted by atomic mass is 9.99. The molecule has 0 atom stereocenters. The molecule has 1 heterocycles.